The van der Waals surface area contributed by atoms with Gasteiger partial charge in [-0.25, -0.2) is 0 Å². The van der Waals surface area contributed by atoms with E-state index in [1.54, 1.807) is 0 Å². The number of rotatable bonds is 26. The van der Waals surface area contributed by atoms with Crippen LogP contribution < -0.4 is 0 Å². The first-order valence-electron chi connectivity index (χ1n) is 15.9. The Morgan fingerprint density at radius 3 is 0.976 bits per heavy atom. The van der Waals surface area contributed by atoms with Crippen molar-refractivity contribution >= 4 is 11.9 Å². The van der Waals surface area contributed by atoms with Crippen LogP contribution in [0.1, 0.15) is 142 Å². The minimum atomic E-state index is -0.675. The molecule has 0 rings (SSSR count). The van der Waals surface area contributed by atoms with E-state index in [9.17, 15) is 9.59 Å². The van der Waals surface area contributed by atoms with Crippen molar-refractivity contribution in [3.63, 3.8) is 0 Å². The van der Waals surface area contributed by atoms with Gasteiger partial charge in [0, 0.05) is 47.0 Å². The van der Waals surface area contributed by atoms with Gasteiger partial charge in [0.2, 0.25) is 0 Å². The van der Waals surface area contributed by atoms with E-state index in [-0.39, 0.29) is 34.1 Å². The quantitative estimate of drug-likeness (QED) is 0.0541. The smallest absolute Gasteiger partial charge is 0.303 e. The topological polar surface area (TPSA) is 74.6 Å². The first-order chi connectivity index (χ1) is 19.5. The van der Waals surface area contributed by atoms with Gasteiger partial charge in [-0.15, -0.1) is 0 Å². The number of unbranched alkanes of at least 4 members (excludes halogenated alkanes) is 10. The summed E-state index contributed by atoms with van der Waals surface area (Å²) in [7, 11) is 0. The molecule has 0 aliphatic rings. The Morgan fingerprint density at radius 2 is 0.667 bits per heavy atom. The van der Waals surface area contributed by atoms with Crippen molar-refractivity contribution in [2.75, 3.05) is 0 Å². The van der Waals surface area contributed by atoms with Gasteiger partial charge in [0.05, 0.1) is 0 Å². The Hall–Kier alpha value is -1.58. The zero-order valence-electron chi connectivity index (χ0n) is 26.4. The van der Waals surface area contributed by atoms with Crippen molar-refractivity contribution < 1.29 is 53.9 Å². The van der Waals surface area contributed by atoms with Crippen LogP contribution >= 0.6 is 0 Å². The summed E-state index contributed by atoms with van der Waals surface area (Å²) < 4.78 is 0. The van der Waals surface area contributed by atoms with Crippen molar-refractivity contribution in [1.29, 1.82) is 0 Å². The molecule has 0 spiro atoms. The van der Waals surface area contributed by atoms with Gasteiger partial charge >= 0.3 is 11.9 Å². The second kappa shape index (κ2) is 43.9. The summed E-state index contributed by atoms with van der Waals surface area (Å²) in [6.07, 6.45) is 46.8. The molecule has 6 heteroatoms. The van der Waals surface area contributed by atoms with Crippen LogP contribution in [0.2, 0.25) is 0 Å². The summed E-state index contributed by atoms with van der Waals surface area (Å²) in [5, 5.41) is 17.0. The Bertz CT molecular complexity index is 675. The minimum Gasteiger partial charge on any atom is -0.481 e. The number of carboxylic acid groups (broad SMARTS) is 2. The molecule has 0 aromatic carbocycles. The molecule has 0 amide bonds. The van der Waals surface area contributed by atoms with Crippen LogP contribution in [-0.2, 0) is 43.7 Å². The first-order valence-corrected chi connectivity index (χ1v) is 15.9. The molecule has 42 heavy (non-hydrogen) atoms. The summed E-state index contributed by atoms with van der Waals surface area (Å²) in [5.41, 5.74) is 0. The normalized spacial score (nSPS) is 11.5. The maximum absolute atomic E-state index is 10.3. The van der Waals surface area contributed by atoms with Crippen LogP contribution in [-0.4, -0.2) is 22.2 Å². The second-order valence-corrected chi connectivity index (χ2v) is 9.99. The monoisotopic (exact) mass is 682 g/mol. The van der Waals surface area contributed by atoms with E-state index in [0.29, 0.717) is 12.8 Å². The Balaban J connectivity index is -0.000000328. The minimum absolute atomic E-state index is 0. The fourth-order valence-electron chi connectivity index (χ4n) is 3.79. The predicted octanol–water partition coefficient (Wildman–Crippen LogP) is 11.3. The average Bonchev–Trinajstić information content (AvgIpc) is 2.93. The van der Waals surface area contributed by atoms with Gasteiger partial charge in [0.15, 0.2) is 0 Å². The Kier molecular flexibility index (Phi) is 49.5. The molecule has 2 radical (unpaired) electrons. The van der Waals surface area contributed by atoms with Crippen molar-refractivity contribution in [3.05, 3.63) is 72.9 Å². The fourth-order valence-corrected chi connectivity index (χ4v) is 3.79. The molecule has 0 aromatic heterocycles. The third-order valence-electron chi connectivity index (χ3n) is 6.08. The van der Waals surface area contributed by atoms with E-state index < -0.39 is 11.9 Å². The van der Waals surface area contributed by atoms with Gasteiger partial charge in [-0.2, -0.15) is 0 Å². The number of carboxylic acids is 2. The zero-order chi connectivity index (χ0) is 29.8. The van der Waals surface area contributed by atoms with Crippen LogP contribution in [0.15, 0.2) is 72.9 Å². The Morgan fingerprint density at radius 1 is 0.405 bits per heavy atom. The molecule has 0 fully saturated rings. The van der Waals surface area contributed by atoms with Gasteiger partial charge in [0.25, 0.3) is 0 Å². The molecular formula is C36H60Cu2O4. The number of hydrogen-bond donors (Lipinski definition) is 2. The van der Waals surface area contributed by atoms with Crippen molar-refractivity contribution in [2.45, 2.75) is 142 Å². The number of hydrogen-bond acceptors (Lipinski definition) is 2. The number of aliphatic carboxylic acids is 2. The fraction of sp³-hybridized carbons (Fsp3) is 0.611. The van der Waals surface area contributed by atoms with Crippen molar-refractivity contribution in [3.8, 4) is 0 Å². The van der Waals surface area contributed by atoms with Gasteiger partial charge in [-0.05, 0) is 77.0 Å². The second-order valence-electron chi connectivity index (χ2n) is 9.99. The number of allylic oxidation sites excluding steroid dienone is 12. The van der Waals surface area contributed by atoms with Crippen molar-refractivity contribution in [1.82, 2.24) is 0 Å². The van der Waals surface area contributed by atoms with Crippen LogP contribution in [0.3, 0.4) is 0 Å². The standard InChI is InChI=1S/2C18H30O2.2Cu/c2*1-2-3-4-5-6-7-8-9-10-11-12-13-14-15-16-17-18(19)20;;/h2*3-4,6-7,9-10H,2,5,8,11-17H2,1H3,(H,19,20);;/b2*4-3-,7-6-,10-9-;;. The van der Waals surface area contributed by atoms with E-state index in [1.165, 1.54) is 25.7 Å². The van der Waals surface area contributed by atoms with E-state index >= 15 is 0 Å². The van der Waals surface area contributed by atoms with Crippen LogP contribution in [0.5, 0.6) is 0 Å². The molecule has 0 aliphatic carbocycles. The average molecular weight is 684 g/mol. The molecule has 250 valence electrons. The molecular weight excluding hydrogens is 623 g/mol. The van der Waals surface area contributed by atoms with Crippen LogP contribution in [0, 0.1) is 0 Å². The van der Waals surface area contributed by atoms with Crippen LogP contribution in [0.4, 0.5) is 0 Å². The summed E-state index contributed by atoms with van der Waals surface area (Å²) in [4.78, 5) is 20.6. The maximum atomic E-state index is 10.3. The zero-order valence-corrected chi connectivity index (χ0v) is 28.3. The van der Waals surface area contributed by atoms with Gasteiger partial charge in [-0.3, -0.25) is 9.59 Å². The van der Waals surface area contributed by atoms with Gasteiger partial charge < -0.3 is 10.2 Å². The molecule has 0 aliphatic heterocycles. The predicted molar refractivity (Wildman–Crippen MR) is 174 cm³/mol. The summed E-state index contributed by atoms with van der Waals surface area (Å²) in [5.74, 6) is -1.35. The molecule has 0 unspecified atom stereocenters. The molecule has 4 nitrogen and oxygen atoms in total. The summed E-state index contributed by atoms with van der Waals surface area (Å²) in [6.45, 7) is 4.30. The van der Waals surface area contributed by atoms with Crippen LogP contribution in [0.25, 0.3) is 0 Å². The molecule has 0 saturated carbocycles. The molecule has 2 N–H and O–H groups in total. The third-order valence-corrected chi connectivity index (χ3v) is 6.08. The molecule has 0 bridgehead atoms. The summed E-state index contributed by atoms with van der Waals surface area (Å²) >= 11 is 0. The van der Waals surface area contributed by atoms with Gasteiger partial charge in [0.1, 0.15) is 0 Å². The molecule has 0 aromatic rings. The van der Waals surface area contributed by atoms with Gasteiger partial charge in [-0.1, -0.05) is 125 Å². The third kappa shape index (κ3) is 51.2. The number of carbonyl (C=O) groups is 2. The first kappa shape index (κ1) is 47.4. The van der Waals surface area contributed by atoms with E-state index in [2.05, 4.69) is 86.8 Å². The summed E-state index contributed by atoms with van der Waals surface area (Å²) in [6, 6.07) is 0. The van der Waals surface area contributed by atoms with E-state index in [1.807, 2.05) is 0 Å². The molecule has 0 atom stereocenters. The SMILES string of the molecule is CC/C=C\C/C=C\C/C=C\CCCCCCCC(=O)O.CC/C=C\C/C=C\C/C=C\CCCCCCCC(=O)O.[Cu].[Cu]. The van der Waals surface area contributed by atoms with Crippen molar-refractivity contribution in [2.24, 2.45) is 0 Å². The van der Waals surface area contributed by atoms with E-state index in [0.717, 1.165) is 89.9 Å². The molecule has 0 saturated heterocycles. The largest absolute Gasteiger partial charge is 0.481 e. The Labute approximate surface area is 279 Å². The van der Waals surface area contributed by atoms with E-state index in [4.69, 9.17) is 10.2 Å². The molecule has 0 heterocycles. The maximum Gasteiger partial charge on any atom is 0.303 e.